The van der Waals surface area contributed by atoms with Crippen molar-refractivity contribution in [3.8, 4) is 0 Å². The second kappa shape index (κ2) is 6.62. The number of halogens is 5. The van der Waals surface area contributed by atoms with Crippen LogP contribution in [0.3, 0.4) is 0 Å². The Labute approximate surface area is 132 Å². The molecule has 0 aliphatic carbocycles. The molecule has 1 aromatic carbocycles. The molecule has 0 amide bonds. The number of nitro groups is 1. The van der Waals surface area contributed by atoms with E-state index in [0.29, 0.717) is 6.07 Å². The lowest BCUT2D eigenvalue weighted by Gasteiger charge is -2.19. The van der Waals surface area contributed by atoms with E-state index in [0.717, 1.165) is 0 Å². The maximum absolute atomic E-state index is 13.3. The van der Waals surface area contributed by atoms with Crippen LogP contribution in [0.5, 0.6) is 0 Å². The van der Waals surface area contributed by atoms with Gasteiger partial charge >= 0.3 is 12.1 Å². The molecule has 1 rings (SSSR count). The average Bonchev–Trinajstić information content (AvgIpc) is 2.44. The fourth-order valence-corrected chi connectivity index (χ4v) is 1.74. The molecule has 24 heavy (non-hydrogen) atoms. The van der Waals surface area contributed by atoms with Gasteiger partial charge in [0, 0.05) is 17.5 Å². The molecule has 0 aromatic heterocycles. The number of hydrogen-bond acceptors (Lipinski definition) is 4. The van der Waals surface area contributed by atoms with Crippen LogP contribution < -0.4 is 0 Å². The standard InChI is InChI=1S/C14H12F5NO4/c1-7(2)11(21)6-12(22)9-4-3-8(5-10(9)20(23)24)13(15,16)14(17,18)19/h3-5,7H,6H2,1-2H3. The van der Waals surface area contributed by atoms with E-state index < -0.39 is 57.7 Å². The highest BCUT2D eigenvalue weighted by Crippen LogP contribution is 2.44. The number of carbonyl (C=O) groups excluding carboxylic acids is 2. The van der Waals surface area contributed by atoms with E-state index >= 15 is 0 Å². The van der Waals surface area contributed by atoms with Gasteiger partial charge in [0.2, 0.25) is 0 Å². The molecule has 0 aliphatic heterocycles. The van der Waals surface area contributed by atoms with Gasteiger partial charge in [-0.2, -0.15) is 22.0 Å². The first kappa shape index (κ1) is 19.7. The quantitative estimate of drug-likeness (QED) is 0.254. The van der Waals surface area contributed by atoms with Gasteiger partial charge in [-0.05, 0) is 6.07 Å². The first-order chi connectivity index (χ1) is 10.8. The summed E-state index contributed by atoms with van der Waals surface area (Å²) in [6, 6.07) is 0.789. The third-order valence-electron chi connectivity index (χ3n) is 3.19. The van der Waals surface area contributed by atoms with E-state index in [4.69, 9.17) is 0 Å². The summed E-state index contributed by atoms with van der Waals surface area (Å²) in [5.41, 5.74) is -3.57. The maximum atomic E-state index is 13.3. The predicted molar refractivity (Wildman–Crippen MR) is 71.8 cm³/mol. The highest BCUT2D eigenvalue weighted by molar-refractivity contribution is 6.10. The van der Waals surface area contributed by atoms with Gasteiger partial charge in [0.05, 0.1) is 16.9 Å². The summed E-state index contributed by atoms with van der Waals surface area (Å²) < 4.78 is 63.6. The van der Waals surface area contributed by atoms with Crippen molar-refractivity contribution in [3.05, 3.63) is 39.4 Å². The van der Waals surface area contributed by atoms with Crippen LogP contribution in [-0.4, -0.2) is 22.7 Å². The Hall–Kier alpha value is -2.39. The summed E-state index contributed by atoms with van der Waals surface area (Å²) >= 11 is 0. The molecule has 0 heterocycles. The Balaban J connectivity index is 3.34. The molecule has 0 unspecified atom stereocenters. The van der Waals surface area contributed by atoms with Gasteiger partial charge in [0.15, 0.2) is 5.78 Å². The van der Waals surface area contributed by atoms with E-state index in [-0.39, 0.29) is 12.1 Å². The van der Waals surface area contributed by atoms with Crippen molar-refractivity contribution in [2.24, 2.45) is 5.92 Å². The van der Waals surface area contributed by atoms with Crippen molar-refractivity contribution in [2.75, 3.05) is 0 Å². The molecular formula is C14H12F5NO4. The van der Waals surface area contributed by atoms with Crippen LogP contribution >= 0.6 is 0 Å². The lowest BCUT2D eigenvalue weighted by atomic mass is 9.96. The second-order valence-electron chi connectivity index (χ2n) is 5.28. The molecule has 0 atom stereocenters. The molecule has 0 bridgehead atoms. The Kier molecular flexibility index (Phi) is 5.42. The van der Waals surface area contributed by atoms with Crippen LogP contribution in [0.25, 0.3) is 0 Å². The molecule has 0 aliphatic rings. The topological polar surface area (TPSA) is 77.3 Å². The van der Waals surface area contributed by atoms with E-state index in [1.807, 2.05) is 0 Å². The van der Waals surface area contributed by atoms with Crippen LogP contribution in [0.1, 0.15) is 36.2 Å². The zero-order chi connectivity index (χ0) is 18.9. The number of alkyl halides is 5. The number of rotatable bonds is 6. The predicted octanol–water partition coefficient (Wildman–Crippen LogP) is 4.05. The van der Waals surface area contributed by atoms with Crippen molar-refractivity contribution in [1.29, 1.82) is 0 Å². The van der Waals surface area contributed by atoms with Crippen LogP contribution in [0.15, 0.2) is 18.2 Å². The molecular weight excluding hydrogens is 341 g/mol. The molecule has 0 N–H and O–H groups in total. The van der Waals surface area contributed by atoms with Crippen LogP contribution in [0.2, 0.25) is 0 Å². The summed E-state index contributed by atoms with van der Waals surface area (Å²) in [6.45, 7) is 2.97. The zero-order valence-corrected chi connectivity index (χ0v) is 12.5. The highest BCUT2D eigenvalue weighted by atomic mass is 19.4. The van der Waals surface area contributed by atoms with E-state index in [1.54, 1.807) is 0 Å². The number of Topliss-reactive ketones (excluding diaryl/α,β-unsaturated/α-hetero) is 2. The Morgan fingerprint density at radius 1 is 1.17 bits per heavy atom. The van der Waals surface area contributed by atoms with Crippen LogP contribution in [0, 0.1) is 16.0 Å². The lowest BCUT2D eigenvalue weighted by Crippen LogP contribution is -2.33. The summed E-state index contributed by atoms with van der Waals surface area (Å²) in [7, 11) is 0. The minimum absolute atomic E-state index is 0.000569. The molecule has 132 valence electrons. The highest BCUT2D eigenvalue weighted by Gasteiger charge is 2.59. The van der Waals surface area contributed by atoms with Gasteiger partial charge in [0.1, 0.15) is 5.78 Å². The average molecular weight is 353 g/mol. The van der Waals surface area contributed by atoms with Crippen molar-refractivity contribution < 1.29 is 36.5 Å². The monoisotopic (exact) mass is 353 g/mol. The number of benzene rings is 1. The lowest BCUT2D eigenvalue weighted by molar-refractivity contribution is -0.385. The zero-order valence-electron chi connectivity index (χ0n) is 12.5. The van der Waals surface area contributed by atoms with Crippen LogP contribution in [-0.2, 0) is 10.7 Å². The van der Waals surface area contributed by atoms with Crippen molar-refractivity contribution in [1.82, 2.24) is 0 Å². The van der Waals surface area contributed by atoms with E-state index in [9.17, 15) is 41.7 Å². The number of hydrogen-bond donors (Lipinski definition) is 0. The van der Waals surface area contributed by atoms with Crippen molar-refractivity contribution in [2.45, 2.75) is 32.4 Å². The summed E-state index contributed by atoms with van der Waals surface area (Å²) in [5, 5.41) is 10.9. The maximum Gasteiger partial charge on any atom is 0.458 e. The van der Waals surface area contributed by atoms with Crippen LogP contribution in [0.4, 0.5) is 27.6 Å². The fourth-order valence-electron chi connectivity index (χ4n) is 1.74. The minimum atomic E-state index is -5.94. The first-order valence-corrected chi connectivity index (χ1v) is 6.58. The number of nitro benzene ring substituents is 1. The normalized spacial score (nSPS) is 12.3. The summed E-state index contributed by atoms with van der Waals surface area (Å²) in [6.07, 6.45) is -6.66. The molecule has 5 nitrogen and oxygen atoms in total. The Bertz CT molecular complexity index is 682. The van der Waals surface area contributed by atoms with Crippen molar-refractivity contribution >= 4 is 17.3 Å². The first-order valence-electron chi connectivity index (χ1n) is 6.58. The molecule has 1 aromatic rings. The molecule has 10 heteroatoms. The number of nitrogens with zero attached hydrogens (tertiary/aromatic N) is 1. The Morgan fingerprint density at radius 3 is 2.12 bits per heavy atom. The van der Waals surface area contributed by atoms with Gasteiger partial charge in [-0.25, -0.2) is 0 Å². The number of carbonyl (C=O) groups is 2. The smallest absolute Gasteiger partial charge is 0.299 e. The third-order valence-corrected chi connectivity index (χ3v) is 3.19. The third kappa shape index (κ3) is 3.92. The molecule has 0 saturated carbocycles. The van der Waals surface area contributed by atoms with E-state index in [1.165, 1.54) is 13.8 Å². The van der Waals surface area contributed by atoms with Crippen molar-refractivity contribution in [3.63, 3.8) is 0 Å². The van der Waals surface area contributed by atoms with E-state index in [2.05, 4.69) is 0 Å². The van der Waals surface area contributed by atoms with Gasteiger partial charge in [-0.3, -0.25) is 19.7 Å². The van der Waals surface area contributed by atoms with Gasteiger partial charge in [-0.1, -0.05) is 19.9 Å². The second-order valence-corrected chi connectivity index (χ2v) is 5.28. The summed E-state index contributed by atoms with van der Waals surface area (Å²) in [5.74, 6) is -7.42. The number of ketones is 2. The van der Waals surface area contributed by atoms with Gasteiger partial charge in [0.25, 0.3) is 5.69 Å². The Morgan fingerprint density at radius 2 is 1.71 bits per heavy atom. The summed E-state index contributed by atoms with van der Waals surface area (Å²) in [4.78, 5) is 33.1. The SMILES string of the molecule is CC(C)C(=O)CC(=O)c1ccc(C(F)(F)C(F)(F)F)cc1[N+](=O)[O-]. The molecule has 0 saturated heterocycles. The fraction of sp³-hybridized carbons (Fsp3) is 0.429. The molecule has 0 spiro atoms. The minimum Gasteiger partial charge on any atom is -0.299 e. The van der Waals surface area contributed by atoms with Gasteiger partial charge < -0.3 is 0 Å². The molecule has 0 radical (unpaired) electrons. The van der Waals surface area contributed by atoms with Gasteiger partial charge in [-0.15, -0.1) is 0 Å². The molecule has 0 fully saturated rings. The largest absolute Gasteiger partial charge is 0.458 e.